The van der Waals surface area contributed by atoms with Crippen LogP contribution in [0.1, 0.15) is 5.69 Å². The van der Waals surface area contributed by atoms with E-state index in [0.29, 0.717) is 4.68 Å². The molecule has 0 aliphatic carbocycles. The molecule has 7 nitrogen and oxygen atoms in total. The van der Waals surface area contributed by atoms with Crippen LogP contribution in [0.25, 0.3) is 5.82 Å². The van der Waals surface area contributed by atoms with Crippen LogP contribution in [-0.4, -0.2) is 24.7 Å². The highest BCUT2D eigenvalue weighted by Crippen LogP contribution is 2.39. The summed E-state index contributed by atoms with van der Waals surface area (Å²) in [5.41, 5.74) is -3.01. The first-order valence-electron chi connectivity index (χ1n) is 4.59. The van der Waals surface area contributed by atoms with Gasteiger partial charge < -0.3 is 0 Å². The van der Waals surface area contributed by atoms with E-state index in [4.69, 9.17) is 11.6 Å². The molecule has 0 radical (unpaired) electrons. The molecule has 2 aromatic heterocycles. The van der Waals surface area contributed by atoms with Crippen molar-refractivity contribution in [2.24, 2.45) is 0 Å². The van der Waals surface area contributed by atoms with Gasteiger partial charge in [0.15, 0.2) is 5.82 Å². The summed E-state index contributed by atoms with van der Waals surface area (Å²) in [6, 6.07) is 0. The summed E-state index contributed by atoms with van der Waals surface area (Å²) in [4.78, 5) is 16.7. The molecular formula is C8H3ClF3N5O2. The average Bonchev–Trinajstić information content (AvgIpc) is 2.68. The Labute approximate surface area is 107 Å². The minimum Gasteiger partial charge on any atom is -0.259 e. The quantitative estimate of drug-likeness (QED) is 0.626. The van der Waals surface area contributed by atoms with Crippen molar-refractivity contribution in [1.29, 1.82) is 0 Å². The lowest BCUT2D eigenvalue weighted by atomic mass is 10.4. The molecule has 0 aliphatic rings. The molecule has 0 bridgehead atoms. The molecule has 0 saturated heterocycles. The summed E-state index contributed by atoms with van der Waals surface area (Å²) in [5.74, 6) is -0.161. The molecule has 0 aliphatic heterocycles. The third-order valence-corrected chi connectivity index (χ3v) is 2.36. The van der Waals surface area contributed by atoms with E-state index >= 15 is 0 Å². The Kier molecular flexibility index (Phi) is 3.10. The second-order valence-corrected chi connectivity index (χ2v) is 3.58. The molecule has 0 N–H and O–H groups in total. The van der Waals surface area contributed by atoms with Crippen LogP contribution in [0.3, 0.4) is 0 Å². The van der Waals surface area contributed by atoms with Gasteiger partial charge in [-0.2, -0.15) is 23.0 Å². The maximum absolute atomic E-state index is 12.6. The minimum atomic E-state index is -5.00. The Morgan fingerprint density at radius 3 is 2.47 bits per heavy atom. The van der Waals surface area contributed by atoms with Gasteiger partial charge in [-0.25, -0.2) is 4.98 Å². The topological polar surface area (TPSA) is 86.7 Å². The number of nitrogens with zero attached hydrogens (tertiary/aromatic N) is 5. The molecule has 2 rings (SSSR count). The highest BCUT2D eigenvalue weighted by Gasteiger charge is 2.45. The van der Waals surface area contributed by atoms with Crippen molar-refractivity contribution in [3.05, 3.63) is 39.6 Å². The molecule has 19 heavy (non-hydrogen) atoms. The van der Waals surface area contributed by atoms with Crippen LogP contribution < -0.4 is 0 Å². The van der Waals surface area contributed by atoms with Gasteiger partial charge in [0.2, 0.25) is 10.8 Å². The van der Waals surface area contributed by atoms with E-state index < -0.39 is 27.6 Å². The van der Waals surface area contributed by atoms with Crippen LogP contribution in [0, 0.1) is 10.1 Å². The number of rotatable bonds is 2. The van der Waals surface area contributed by atoms with E-state index in [-0.39, 0.29) is 5.82 Å². The van der Waals surface area contributed by atoms with Gasteiger partial charge in [-0.15, -0.1) is 0 Å². The summed E-state index contributed by atoms with van der Waals surface area (Å²) in [7, 11) is 0. The third kappa shape index (κ3) is 2.34. The summed E-state index contributed by atoms with van der Waals surface area (Å²) in [6.07, 6.45) is -1.46. The lowest BCUT2D eigenvalue weighted by Crippen LogP contribution is -2.09. The van der Waals surface area contributed by atoms with E-state index in [1.165, 1.54) is 12.4 Å². The van der Waals surface area contributed by atoms with Crippen molar-refractivity contribution < 1.29 is 18.1 Å². The predicted octanol–water partition coefficient (Wildman–Crippen LogP) is 2.24. The molecule has 2 heterocycles. The summed E-state index contributed by atoms with van der Waals surface area (Å²) in [5, 5.41) is 13.0. The largest absolute Gasteiger partial charge is 0.442 e. The molecule has 0 saturated carbocycles. The second kappa shape index (κ2) is 4.46. The number of halogens is 4. The third-order valence-electron chi connectivity index (χ3n) is 2.02. The van der Waals surface area contributed by atoms with Crippen molar-refractivity contribution in [3.63, 3.8) is 0 Å². The maximum atomic E-state index is 12.6. The number of aromatic nitrogens is 4. The van der Waals surface area contributed by atoms with Crippen LogP contribution in [0.5, 0.6) is 0 Å². The normalized spacial score (nSPS) is 11.6. The highest BCUT2D eigenvalue weighted by atomic mass is 35.5. The Morgan fingerprint density at radius 1 is 1.37 bits per heavy atom. The van der Waals surface area contributed by atoms with Crippen molar-refractivity contribution >= 4 is 17.3 Å². The van der Waals surface area contributed by atoms with E-state index in [1.54, 1.807) is 0 Å². The molecule has 0 spiro atoms. The lowest BCUT2D eigenvalue weighted by Gasteiger charge is -2.00. The van der Waals surface area contributed by atoms with Crippen LogP contribution in [0.4, 0.5) is 18.9 Å². The van der Waals surface area contributed by atoms with Crippen LogP contribution >= 0.6 is 11.6 Å². The Balaban J connectivity index is 2.70. The minimum absolute atomic E-state index is 0.161. The van der Waals surface area contributed by atoms with E-state index in [9.17, 15) is 23.3 Å². The molecule has 2 aromatic rings. The first kappa shape index (κ1) is 13.2. The molecule has 0 unspecified atom stereocenters. The average molecular weight is 294 g/mol. The molecule has 0 amide bonds. The Bertz CT molecular complexity index is 627. The first-order chi connectivity index (χ1) is 8.82. The maximum Gasteiger partial charge on any atom is 0.442 e. The predicted molar refractivity (Wildman–Crippen MR) is 55.8 cm³/mol. The number of hydrogen-bond acceptors (Lipinski definition) is 5. The second-order valence-electron chi connectivity index (χ2n) is 3.22. The molecular weight excluding hydrogens is 291 g/mol. The number of alkyl halides is 3. The van der Waals surface area contributed by atoms with Gasteiger partial charge in [0.25, 0.3) is 0 Å². The van der Waals surface area contributed by atoms with Crippen LogP contribution in [-0.2, 0) is 6.18 Å². The van der Waals surface area contributed by atoms with Gasteiger partial charge in [-0.3, -0.25) is 15.1 Å². The summed E-state index contributed by atoms with van der Waals surface area (Å²) >= 11 is 5.56. The fourth-order valence-corrected chi connectivity index (χ4v) is 1.58. The summed E-state index contributed by atoms with van der Waals surface area (Å²) < 4.78 is 38.4. The molecule has 0 atom stereocenters. The first-order valence-corrected chi connectivity index (χ1v) is 4.96. The molecule has 0 fully saturated rings. The van der Waals surface area contributed by atoms with Gasteiger partial charge in [0, 0.05) is 12.4 Å². The van der Waals surface area contributed by atoms with E-state index in [0.717, 1.165) is 6.20 Å². The number of nitro groups is 1. The molecule has 100 valence electrons. The van der Waals surface area contributed by atoms with Crippen molar-refractivity contribution in [2.75, 3.05) is 0 Å². The Hall–Kier alpha value is -2.23. The van der Waals surface area contributed by atoms with Gasteiger partial charge >= 0.3 is 11.9 Å². The van der Waals surface area contributed by atoms with Gasteiger partial charge in [0.05, 0.1) is 11.1 Å². The SMILES string of the molecule is O=[N+]([O-])c1c(C(F)(F)F)nn(-c2cnccn2)c1Cl. The van der Waals surface area contributed by atoms with Crippen molar-refractivity contribution in [2.45, 2.75) is 6.18 Å². The smallest absolute Gasteiger partial charge is 0.259 e. The summed E-state index contributed by atoms with van der Waals surface area (Å²) in [6.45, 7) is 0. The zero-order chi connectivity index (χ0) is 14.2. The zero-order valence-corrected chi connectivity index (χ0v) is 9.55. The van der Waals surface area contributed by atoms with E-state index in [2.05, 4.69) is 15.1 Å². The van der Waals surface area contributed by atoms with Gasteiger partial charge in [-0.1, -0.05) is 11.6 Å². The standard InChI is InChI=1S/C8H3ClF3N5O2/c9-7-5(17(18)19)6(8(10,11)12)15-16(7)4-3-13-1-2-14-4/h1-3H. The monoisotopic (exact) mass is 293 g/mol. The fraction of sp³-hybridized carbons (Fsp3) is 0.125. The number of hydrogen-bond donors (Lipinski definition) is 0. The Morgan fingerprint density at radius 2 is 2.05 bits per heavy atom. The van der Waals surface area contributed by atoms with Crippen LogP contribution in [0.2, 0.25) is 5.15 Å². The van der Waals surface area contributed by atoms with Crippen LogP contribution in [0.15, 0.2) is 18.6 Å². The fourth-order valence-electron chi connectivity index (χ4n) is 1.29. The van der Waals surface area contributed by atoms with E-state index in [1.807, 2.05) is 0 Å². The zero-order valence-electron chi connectivity index (χ0n) is 8.80. The van der Waals surface area contributed by atoms with Gasteiger partial charge in [-0.05, 0) is 0 Å². The molecule has 11 heteroatoms. The molecule has 0 aromatic carbocycles. The van der Waals surface area contributed by atoms with Crippen molar-refractivity contribution in [3.8, 4) is 5.82 Å². The van der Waals surface area contributed by atoms with Crippen molar-refractivity contribution in [1.82, 2.24) is 19.7 Å². The van der Waals surface area contributed by atoms with Gasteiger partial charge in [0.1, 0.15) is 0 Å². The lowest BCUT2D eigenvalue weighted by molar-refractivity contribution is -0.388. The highest BCUT2D eigenvalue weighted by molar-refractivity contribution is 6.32.